The second-order valence-electron chi connectivity index (χ2n) is 3.53. The fourth-order valence-electron chi connectivity index (χ4n) is 1.82. The highest BCUT2D eigenvalue weighted by molar-refractivity contribution is 6.03. The maximum absolute atomic E-state index is 11.6. The number of rotatable bonds is 1. The Balaban J connectivity index is 2.50. The van der Waals surface area contributed by atoms with E-state index in [4.69, 9.17) is 9.15 Å². The van der Waals surface area contributed by atoms with Crippen LogP contribution in [0.4, 0.5) is 0 Å². The molecule has 0 aliphatic carbocycles. The number of ether oxygens (including phenoxy) is 1. The molecule has 3 rings (SSSR count). The van der Waals surface area contributed by atoms with E-state index < -0.39 is 0 Å². The van der Waals surface area contributed by atoms with Crippen LogP contribution in [-0.2, 0) is 0 Å². The molecule has 2 heterocycles. The Morgan fingerprint density at radius 2 is 2.19 bits per heavy atom. The van der Waals surface area contributed by atoms with Gasteiger partial charge >= 0.3 is 0 Å². The molecule has 1 aromatic carbocycles. The normalized spacial score (nSPS) is 11.1. The van der Waals surface area contributed by atoms with Gasteiger partial charge in [-0.25, -0.2) is 0 Å². The smallest absolute Gasteiger partial charge is 0.208 e. The van der Waals surface area contributed by atoms with Crippen molar-refractivity contribution < 1.29 is 9.15 Å². The van der Waals surface area contributed by atoms with Gasteiger partial charge in [-0.15, -0.1) is 0 Å². The average Bonchev–Trinajstić information content (AvgIpc) is 2.68. The third-order valence-corrected chi connectivity index (χ3v) is 2.61. The number of hydrogen-bond donors (Lipinski definition) is 1. The summed E-state index contributed by atoms with van der Waals surface area (Å²) < 4.78 is 10.5. The zero-order chi connectivity index (χ0) is 11.1. The highest BCUT2D eigenvalue weighted by atomic mass is 16.5. The SMILES string of the molecule is COc1ccc2c(c1)[nH]c1c(=O)ccoc12. The summed E-state index contributed by atoms with van der Waals surface area (Å²) in [7, 11) is 1.60. The van der Waals surface area contributed by atoms with Crippen molar-refractivity contribution in [2.45, 2.75) is 0 Å². The molecule has 0 bridgehead atoms. The molecule has 16 heavy (non-hydrogen) atoms. The van der Waals surface area contributed by atoms with Crippen LogP contribution >= 0.6 is 0 Å². The van der Waals surface area contributed by atoms with Gasteiger partial charge in [-0.3, -0.25) is 4.79 Å². The molecule has 0 radical (unpaired) electrons. The molecular formula is C12H9NO3. The van der Waals surface area contributed by atoms with Gasteiger partial charge in [0.05, 0.1) is 18.9 Å². The molecule has 0 atom stereocenters. The van der Waals surface area contributed by atoms with Gasteiger partial charge in [0.25, 0.3) is 0 Å². The van der Waals surface area contributed by atoms with Gasteiger partial charge in [-0.05, 0) is 12.1 Å². The van der Waals surface area contributed by atoms with Crippen LogP contribution in [0.25, 0.3) is 22.0 Å². The van der Waals surface area contributed by atoms with E-state index in [1.165, 1.54) is 12.3 Å². The highest BCUT2D eigenvalue weighted by Crippen LogP contribution is 2.26. The Labute approximate surface area is 90.4 Å². The molecule has 0 saturated carbocycles. The van der Waals surface area contributed by atoms with Gasteiger partial charge in [0.15, 0.2) is 5.58 Å². The minimum absolute atomic E-state index is 0.0728. The summed E-state index contributed by atoms with van der Waals surface area (Å²) in [6.45, 7) is 0. The quantitative estimate of drug-likeness (QED) is 0.677. The second-order valence-corrected chi connectivity index (χ2v) is 3.53. The minimum Gasteiger partial charge on any atom is -0.497 e. The highest BCUT2D eigenvalue weighted by Gasteiger charge is 2.09. The Morgan fingerprint density at radius 1 is 1.31 bits per heavy atom. The standard InChI is InChI=1S/C12H9NO3/c1-15-7-2-3-8-9(6-7)13-11-10(14)4-5-16-12(8)11/h2-6,13H,1H3. The third kappa shape index (κ3) is 1.13. The van der Waals surface area contributed by atoms with Gasteiger partial charge in [-0.1, -0.05) is 0 Å². The predicted octanol–water partition coefficient (Wildman–Crippen LogP) is 2.28. The van der Waals surface area contributed by atoms with Gasteiger partial charge in [0.2, 0.25) is 5.43 Å². The van der Waals surface area contributed by atoms with Gasteiger partial charge in [-0.2, -0.15) is 0 Å². The molecule has 0 aliphatic rings. The molecular weight excluding hydrogens is 206 g/mol. The number of nitrogens with one attached hydrogen (secondary N) is 1. The Hall–Kier alpha value is -2.23. The van der Waals surface area contributed by atoms with Gasteiger partial charge in [0, 0.05) is 17.5 Å². The predicted molar refractivity (Wildman–Crippen MR) is 60.9 cm³/mol. The number of H-pyrrole nitrogens is 1. The van der Waals surface area contributed by atoms with Crippen LogP contribution in [-0.4, -0.2) is 12.1 Å². The topological polar surface area (TPSA) is 55.2 Å². The number of aromatic amines is 1. The molecule has 0 unspecified atom stereocenters. The molecule has 80 valence electrons. The van der Waals surface area contributed by atoms with Crippen molar-refractivity contribution >= 4 is 22.0 Å². The zero-order valence-corrected chi connectivity index (χ0v) is 8.61. The summed E-state index contributed by atoms with van der Waals surface area (Å²) in [5.41, 5.74) is 1.84. The van der Waals surface area contributed by atoms with E-state index in [9.17, 15) is 4.79 Å². The molecule has 4 nitrogen and oxygen atoms in total. The van der Waals surface area contributed by atoms with Crippen LogP contribution in [0.15, 0.2) is 39.7 Å². The van der Waals surface area contributed by atoms with Crippen molar-refractivity contribution in [2.75, 3.05) is 7.11 Å². The van der Waals surface area contributed by atoms with E-state index in [-0.39, 0.29) is 5.43 Å². The molecule has 4 heteroatoms. The summed E-state index contributed by atoms with van der Waals surface area (Å²) in [5.74, 6) is 0.742. The van der Waals surface area contributed by atoms with Crippen LogP contribution in [0.1, 0.15) is 0 Å². The summed E-state index contributed by atoms with van der Waals surface area (Å²) in [6, 6.07) is 6.94. The lowest BCUT2D eigenvalue weighted by molar-refractivity contribution is 0.415. The Bertz CT molecular complexity index is 724. The largest absolute Gasteiger partial charge is 0.497 e. The lowest BCUT2D eigenvalue weighted by atomic mass is 10.2. The lowest BCUT2D eigenvalue weighted by Crippen LogP contribution is -1.96. The fourth-order valence-corrected chi connectivity index (χ4v) is 1.82. The van der Waals surface area contributed by atoms with E-state index in [0.717, 1.165) is 16.7 Å². The number of methoxy groups -OCH3 is 1. The van der Waals surface area contributed by atoms with Crippen LogP contribution < -0.4 is 10.2 Å². The average molecular weight is 215 g/mol. The van der Waals surface area contributed by atoms with E-state index in [2.05, 4.69) is 4.98 Å². The Morgan fingerprint density at radius 3 is 3.00 bits per heavy atom. The van der Waals surface area contributed by atoms with Crippen LogP contribution in [0.5, 0.6) is 5.75 Å². The van der Waals surface area contributed by atoms with Gasteiger partial charge in [0.1, 0.15) is 11.3 Å². The van der Waals surface area contributed by atoms with Crippen LogP contribution in [0.2, 0.25) is 0 Å². The third-order valence-electron chi connectivity index (χ3n) is 2.61. The number of aromatic nitrogens is 1. The van der Waals surface area contributed by atoms with Crippen molar-refractivity contribution in [3.05, 3.63) is 40.8 Å². The van der Waals surface area contributed by atoms with Crippen LogP contribution in [0, 0.1) is 0 Å². The minimum atomic E-state index is -0.0728. The molecule has 0 aliphatic heterocycles. The first-order valence-electron chi connectivity index (χ1n) is 4.87. The number of fused-ring (bicyclic) bond motifs is 3. The molecule has 0 spiro atoms. The maximum atomic E-state index is 11.6. The van der Waals surface area contributed by atoms with Crippen molar-refractivity contribution in [3.63, 3.8) is 0 Å². The molecule has 1 N–H and O–H groups in total. The monoisotopic (exact) mass is 215 g/mol. The van der Waals surface area contributed by atoms with E-state index in [1.807, 2.05) is 18.2 Å². The summed E-state index contributed by atoms with van der Waals surface area (Å²) >= 11 is 0. The maximum Gasteiger partial charge on any atom is 0.208 e. The zero-order valence-electron chi connectivity index (χ0n) is 8.61. The van der Waals surface area contributed by atoms with Crippen molar-refractivity contribution in [3.8, 4) is 5.75 Å². The summed E-state index contributed by atoms with van der Waals surface area (Å²) in [6.07, 6.45) is 1.40. The molecule has 0 amide bonds. The Kier molecular flexibility index (Phi) is 1.77. The van der Waals surface area contributed by atoms with Crippen LogP contribution in [0.3, 0.4) is 0 Å². The van der Waals surface area contributed by atoms with Crippen molar-refractivity contribution in [1.82, 2.24) is 4.98 Å². The molecule has 3 aromatic rings. The number of benzene rings is 1. The first-order valence-corrected chi connectivity index (χ1v) is 4.87. The van der Waals surface area contributed by atoms with Gasteiger partial charge < -0.3 is 14.1 Å². The summed E-state index contributed by atoms with van der Waals surface area (Å²) in [5, 5.41) is 0.883. The molecule has 0 saturated heterocycles. The molecule has 0 fully saturated rings. The van der Waals surface area contributed by atoms with E-state index in [0.29, 0.717) is 11.1 Å². The van der Waals surface area contributed by atoms with Crippen molar-refractivity contribution in [1.29, 1.82) is 0 Å². The van der Waals surface area contributed by atoms with E-state index >= 15 is 0 Å². The molecule has 2 aromatic heterocycles. The number of hydrogen-bond acceptors (Lipinski definition) is 3. The van der Waals surface area contributed by atoms with E-state index in [1.54, 1.807) is 7.11 Å². The second kappa shape index (κ2) is 3.13. The lowest BCUT2D eigenvalue weighted by Gasteiger charge is -1.97. The first kappa shape index (κ1) is 9.03. The fraction of sp³-hybridized carbons (Fsp3) is 0.0833. The van der Waals surface area contributed by atoms with Crippen molar-refractivity contribution in [2.24, 2.45) is 0 Å². The summed E-state index contributed by atoms with van der Waals surface area (Å²) in [4.78, 5) is 14.6. The first-order chi connectivity index (χ1) is 7.79.